The first-order valence-corrected chi connectivity index (χ1v) is 10.7. The maximum absolute atomic E-state index is 13.0. The van der Waals surface area contributed by atoms with Crippen LogP contribution >= 0.6 is 0 Å². The quantitative estimate of drug-likeness (QED) is 0.183. The van der Waals surface area contributed by atoms with Gasteiger partial charge in [-0.2, -0.15) is 0 Å². The average molecular weight is 467 g/mol. The van der Waals surface area contributed by atoms with E-state index in [2.05, 4.69) is 16.0 Å². The zero-order chi connectivity index (χ0) is 25.1. The summed E-state index contributed by atoms with van der Waals surface area (Å²) in [5, 5.41) is 35.7. The number of nitrogens with one attached hydrogen (secondary N) is 3. The minimum atomic E-state index is -1.46. The topological polar surface area (TPSA) is 191 Å². The second-order valence-corrected chi connectivity index (χ2v) is 8.30. The lowest BCUT2D eigenvalue weighted by Crippen LogP contribution is -2.60. The fourth-order valence-electron chi connectivity index (χ4n) is 3.03. The van der Waals surface area contributed by atoms with Crippen LogP contribution in [0.4, 0.5) is 0 Å². The number of carbonyl (C=O) groups excluding carboxylic acids is 3. The van der Waals surface area contributed by atoms with Gasteiger partial charge < -0.3 is 37.0 Å². The number of aliphatic hydroxyl groups is 2. The van der Waals surface area contributed by atoms with Crippen molar-refractivity contribution in [1.29, 1.82) is 0 Å². The van der Waals surface area contributed by atoms with Gasteiger partial charge in [-0.1, -0.05) is 44.2 Å². The van der Waals surface area contributed by atoms with E-state index in [1.807, 2.05) is 0 Å². The van der Waals surface area contributed by atoms with Crippen molar-refractivity contribution in [2.45, 2.75) is 63.9 Å². The zero-order valence-corrected chi connectivity index (χ0v) is 19.0. The van der Waals surface area contributed by atoms with Gasteiger partial charge in [0.2, 0.25) is 17.7 Å². The van der Waals surface area contributed by atoms with Crippen LogP contribution in [0.5, 0.6) is 0 Å². The number of aliphatic carboxylic acids is 1. The summed E-state index contributed by atoms with van der Waals surface area (Å²) in [6, 6.07) is 3.67. The fraction of sp³-hybridized carbons (Fsp3) is 0.545. The molecule has 0 aromatic heterocycles. The minimum absolute atomic E-state index is 0.0211. The number of hydrogen-bond donors (Lipinski definition) is 7. The molecule has 1 aromatic carbocycles. The molecule has 184 valence electrons. The molecule has 5 atom stereocenters. The van der Waals surface area contributed by atoms with E-state index in [0.717, 1.165) is 0 Å². The second kappa shape index (κ2) is 13.5. The molecule has 0 spiro atoms. The van der Waals surface area contributed by atoms with E-state index in [4.69, 9.17) is 10.8 Å². The largest absolute Gasteiger partial charge is 0.480 e. The van der Waals surface area contributed by atoms with Gasteiger partial charge in [-0.05, 0) is 24.8 Å². The Morgan fingerprint density at radius 3 is 1.97 bits per heavy atom. The molecular formula is C22H34N4O7. The Labute approximate surface area is 192 Å². The van der Waals surface area contributed by atoms with Crippen LogP contribution in [-0.4, -0.2) is 75.9 Å². The Morgan fingerprint density at radius 1 is 0.909 bits per heavy atom. The predicted octanol–water partition coefficient (Wildman–Crippen LogP) is -1.49. The highest BCUT2D eigenvalue weighted by molar-refractivity contribution is 5.94. The van der Waals surface area contributed by atoms with Gasteiger partial charge in [0.25, 0.3) is 0 Å². The lowest BCUT2D eigenvalue weighted by molar-refractivity contribution is -0.143. The number of aliphatic hydroxyl groups excluding tert-OH is 2. The van der Waals surface area contributed by atoms with Gasteiger partial charge in [0.15, 0.2) is 0 Å². The molecule has 1 aromatic rings. The Morgan fingerprint density at radius 2 is 1.48 bits per heavy atom. The monoisotopic (exact) mass is 466 g/mol. The maximum atomic E-state index is 13.0. The molecule has 11 nitrogen and oxygen atoms in total. The van der Waals surface area contributed by atoms with Gasteiger partial charge in [-0.25, -0.2) is 4.79 Å². The highest BCUT2D eigenvalue weighted by atomic mass is 16.4. The molecule has 0 bridgehead atoms. The van der Waals surface area contributed by atoms with Crippen molar-refractivity contribution in [1.82, 2.24) is 16.0 Å². The van der Waals surface area contributed by atoms with E-state index in [0.29, 0.717) is 5.56 Å². The molecule has 0 saturated carbocycles. The van der Waals surface area contributed by atoms with Crippen LogP contribution in [0.2, 0.25) is 0 Å². The molecule has 0 fully saturated rings. The minimum Gasteiger partial charge on any atom is -0.480 e. The summed E-state index contributed by atoms with van der Waals surface area (Å²) in [6.45, 7) is 4.24. The van der Waals surface area contributed by atoms with Crippen LogP contribution in [0.3, 0.4) is 0 Å². The molecule has 0 aliphatic rings. The Balaban J connectivity index is 3.03. The lowest BCUT2D eigenvalue weighted by Gasteiger charge is -2.27. The molecule has 0 radical (unpaired) electrons. The molecular weight excluding hydrogens is 432 g/mol. The van der Waals surface area contributed by atoms with E-state index >= 15 is 0 Å². The third-order valence-corrected chi connectivity index (χ3v) is 4.83. The third-order valence-electron chi connectivity index (χ3n) is 4.83. The van der Waals surface area contributed by atoms with Gasteiger partial charge in [0, 0.05) is 6.42 Å². The van der Waals surface area contributed by atoms with Crippen LogP contribution in [0, 0.1) is 5.92 Å². The van der Waals surface area contributed by atoms with Gasteiger partial charge >= 0.3 is 5.97 Å². The van der Waals surface area contributed by atoms with Crippen LogP contribution in [0.15, 0.2) is 30.3 Å². The molecule has 0 heterocycles. The number of rotatable bonds is 13. The number of nitrogens with two attached hydrogens (primary N) is 1. The highest BCUT2D eigenvalue weighted by Crippen LogP contribution is 2.08. The molecule has 0 aliphatic carbocycles. The second-order valence-electron chi connectivity index (χ2n) is 8.30. The van der Waals surface area contributed by atoms with E-state index in [9.17, 15) is 29.4 Å². The lowest BCUT2D eigenvalue weighted by atomic mass is 10.0. The van der Waals surface area contributed by atoms with Crippen molar-refractivity contribution in [3.63, 3.8) is 0 Å². The molecule has 3 amide bonds. The summed E-state index contributed by atoms with van der Waals surface area (Å²) in [4.78, 5) is 49.3. The molecule has 5 unspecified atom stereocenters. The molecule has 0 saturated heterocycles. The van der Waals surface area contributed by atoms with Crippen molar-refractivity contribution in [3.05, 3.63) is 35.9 Å². The number of benzene rings is 1. The Hall–Kier alpha value is -3.02. The van der Waals surface area contributed by atoms with Crippen LogP contribution in [0.25, 0.3) is 0 Å². The molecule has 11 heteroatoms. The van der Waals surface area contributed by atoms with E-state index in [1.165, 1.54) is 6.92 Å². The standard InChI is InChI=1S/C22H34N4O7/c1-12(2)9-17(22(32)33)25-21(31)18(13(3)28)26-20(30)16(24-19(29)15(23)11-27)10-14-7-5-4-6-8-14/h4-8,12-13,15-18,27-28H,9-11,23H2,1-3H3,(H,24,29)(H,25,31)(H,26,30)(H,32,33). The maximum Gasteiger partial charge on any atom is 0.326 e. The van der Waals surface area contributed by atoms with Crippen LogP contribution in [0.1, 0.15) is 32.8 Å². The van der Waals surface area contributed by atoms with Crippen LogP contribution < -0.4 is 21.7 Å². The average Bonchev–Trinajstić information content (AvgIpc) is 2.75. The van der Waals surface area contributed by atoms with Crippen molar-refractivity contribution in [3.8, 4) is 0 Å². The summed E-state index contributed by atoms with van der Waals surface area (Å²) >= 11 is 0. The van der Waals surface area contributed by atoms with Gasteiger partial charge in [-0.3, -0.25) is 14.4 Å². The zero-order valence-electron chi connectivity index (χ0n) is 19.0. The van der Waals surface area contributed by atoms with Crippen molar-refractivity contribution in [2.24, 2.45) is 11.7 Å². The third kappa shape index (κ3) is 9.56. The van der Waals surface area contributed by atoms with Crippen molar-refractivity contribution < 1.29 is 34.5 Å². The summed E-state index contributed by atoms with van der Waals surface area (Å²) in [5.41, 5.74) is 6.23. The van der Waals surface area contributed by atoms with E-state index < -0.39 is 60.6 Å². The number of carboxylic acid groups (broad SMARTS) is 1. The first-order valence-electron chi connectivity index (χ1n) is 10.7. The van der Waals surface area contributed by atoms with Gasteiger partial charge in [-0.15, -0.1) is 0 Å². The van der Waals surface area contributed by atoms with Crippen LogP contribution in [-0.2, 0) is 25.6 Å². The Bertz CT molecular complexity index is 801. The van der Waals surface area contributed by atoms with Crippen molar-refractivity contribution >= 4 is 23.7 Å². The molecule has 1 rings (SSSR count). The van der Waals surface area contributed by atoms with E-state index in [1.54, 1.807) is 44.2 Å². The van der Waals surface area contributed by atoms with Crippen molar-refractivity contribution in [2.75, 3.05) is 6.61 Å². The smallest absolute Gasteiger partial charge is 0.326 e. The molecule has 0 aliphatic heterocycles. The summed E-state index contributed by atoms with van der Waals surface area (Å²) in [7, 11) is 0. The molecule has 8 N–H and O–H groups in total. The highest BCUT2D eigenvalue weighted by Gasteiger charge is 2.33. The first-order chi connectivity index (χ1) is 15.5. The normalized spacial score (nSPS) is 15.6. The Kier molecular flexibility index (Phi) is 11.5. The van der Waals surface area contributed by atoms with Gasteiger partial charge in [0.1, 0.15) is 24.2 Å². The number of carbonyl (C=O) groups is 4. The van der Waals surface area contributed by atoms with Gasteiger partial charge in [0.05, 0.1) is 12.7 Å². The summed E-state index contributed by atoms with van der Waals surface area (Å²) in [6.07, 6.45) is -1.14. The predicted molar refractivity (Wildman–Crippen MR) is 120 cm³/mol. The summed E-state index contributed by atoms with van der Waals surface area (Å²) in [5.74, 6) is -3.68. The molecule has 33 heavy (non-hydrogen) atoms. The number of hydrogen-bond acceptors (Lipinski definition) is 7. The SMILES string of the molecule is CC(C)CC(NC(=O)C(NC(=O)C(Cc1ccccc1)NC(=O)C(N)CO)C(C)O)C(=O)O. The van der Waals surface area contributed by atoms with E-state index in [-0.39, 0.29) is 18.8 Å². The fourth-order valence-corrected chi connectivity index (χ4v) is 3.03. The first kappa shape index (κ1) is 28.0. The number of amides is 3. The number of carboxylic acids is 1. The summed E-state index contributed by atoms with van der Waals surface area (Å²) < 4.78 is 0.